The average molecular weight is 371 g/mol. The Labute approximate surface area is 156 Å². The third kappa shape index (κ3) is 5.24. The Morgan fingerprint density at radius 1 is 0.920 bits per heavy atom. The summed E-state index contributed by atoms with van der Waals surface area (Å²) in [6, 6.07) is 22.8. The second-order valence-corrected chi connectivity index (χ2v) is 6.18. The maximum Gasteiger partial charge on any atom is 0.120 e. The summed E-state index contributed by atoms with van der Waals surface area (Å²) < 4.78 is 5.81. The van der Waals surface area contributed by atoms with E-state index in [0.717, 1.165) is 22.6 Å². The fourth-order valence-electron chi connectivity index (χ4n) is 2.18. The number of hydrogen-bond donors (Lipinski definition) is 1. The third-order valence-electron chi connectivity index (χ3n) is 3.45. The molecule has 3 aromatic rings. The molecule has 0 radical (unpaired) electrons. The molecule has 0 aliphatic rings. The summed E-state index contributed by atoms with van der Waals surface area (Å²) in [6.07, 6.45) is 1.75. The molecule has 0 aliphatic heterocycles. The van der Waals surface area contributed by atoms with E-state index in [1.165, 1.54) is 0 Å². The first kappa shape index (κ1) is 17.3. The minimum atomic E-state index is 0.374. The molecule has 3 rings (SSSR count). The van der Waals surface area contributed by atoms with Gasteiger partial charge in [0.15, 0.2) is 0 Å². The van der Waals surface area contributed by atoms with Crippen molar-refractivity contribution in [2.75, 3.05) is 5.43 Å². The van der Waals surface area contributed by atoms with Crippen molar-refractivity contribution in [2.45, 2.75) is 6.61 Å². The highest BCUT2D eigenvalue weighted by Crippen LogP contribution is 2.23. The lowest BCUT2D eigenvalue weighted by atomic mass is 10.2. The summed E-state index contributed by atoms with van der Waals surface area (Å²) in [5.41, 5.74) is 5.73. The van der Waals surface area contributed by atoms with Gasteiger partial charge in [0.1, 0.15) is 12.4 Å². The molecule has 0 saturated carbocycles. The number of nitrogens with one attached hydrogen (secondary N) is 1. The van der Waals surface area contributed by atoms with E-state index in [4.69, 9.17) is 27.9 Å². The number of nitrogens with zero attached hydrogens (tertiary/aromatic N) is 1. The van der Waals surface area contributed by atoms with Crippen LogP contribution in [-0.2, 0) is 6.61 Å². The summed E-state index contributed by atoms with van der Waals surface area (Å²) in [4.78, 5) is 0. The quantitative estimate of drug-likeness (QED) is 0.425. The molecule has 25 heavy (non-hydrogen) atoms. The molecule has 0 fully saturated rings. The maximum absolute atomic E-state index is 6.16. The lowest BCUT2D eigenvalue weighted by Gasteiger charge is -2.08. The fraction of sp³-hybridized carbons (Fsp3) is 0.0500. The minimum Gasteiger partial charge on any atom is -0.489 e. The summed E-state index contributed by atoms with van der Waals surface area (Å²) >= 11 is 12.1. The van der Waals surface area contributed by atoms with E-state index in [1.807, 2.05) is 60.7 Å². The second kappa shape index (κ2) is 8.56. The van der Waals surface area contributed by atoms with Gasteiger partial charge in [0.25, 0.3) is 0 Å². The molecule has 0 spiro atoms. The Hall–Kier alpha value is -2.49. The molecule has 5 heteroatoms. The number of para-hydroxylation sites is 1. The standard InChI is InChI=1S/C20H16Cl2N2O/c21-17-10-9-16(20(22)12-17)14-25-19-8-4-5-15(11-19)13-23-24-18-6-2-1-3-7-18/h1-13,24H,14H2/b23-13-. The molecule has 126 valence electrons. The van der Waals surface area contributed by atoms with Crippen LogP contribution in [0.1, 0.15) is 11.1 Å². The number of halogens is 2. The van der Waals surface area contributed by atoms with Crippen LogP contribution in [-0.4, -0.2) is 6.21 Å². The first-order valence-electron chi connectivity index (χ1n) is 7.71. The van der Waals surface area contributed by atoms with E-state index in [9.17, 15) is 0 Å². The van der Waals surface area contributed by atoms with Crippen LogP contribution in [0.4, 0.5) is 5.69 Å². The van der Waals surface area contributed by atoms with Crippen molar-refractivity contribution in [3.8, 4) is 5.75 Å². The lowest BCUT2D eigenvalue weighted by molar-refractivity contribution is 0.306. The van der Waals surface area contributed by atoms with Crippen molar-refractivity contribution in [3.05, 3.63) is 94.0 Å². The van der Waals surface area contributed by atoms with E-state index in [0.29, 0.717) is 16.7 Å². The van der Waals surface area contributed by atoms with Gasteiger partial charge in [-0.05, 0) is 42.0 Å². The van der Waals surface area contributed by atoms with E-state index in [1.54, 1.807) is 18.3 Å². The highest BCUT2D eigenvalue weighted by molar-refractivity contribution is 6.35. The van der Waals surface area contributed by atoms with Crippen LogP contribution < -0.4 is 10.2 Å². The van der Waals surface area contributed by atoms with Gasteiger partial charge in [0, 0.05) is 15.6 Å². The molecule has 0 bridgehead atoms. The SMILES string of the molecule is Clc1ccc(COc2cccc(/C=N\Nc3ccccc3)c2)c(Cl)c1. The van der Waals surface area contributed by atoms with Gasteiger partial charge >= 0.3 is 0 Å². The van der Waals surface area contributed by atoms with Crippen molar-refractivity contribution in [1.29, 1.82) is 0 Å². The zero-order valence-corrected chi connectivity index (χ0v) is 14.8. The molecule has 0 aromatic heterocycles. The number of rotatable bonds is 6. The molecule has 0 aliphatic carbocycles. The van der Waals surface area contributed by atoms with Gasteiger partial charge in [-0.15, -0.1) is 0 Å². The number of hydrogen-bond acceptors (Lipinski definition) is 3. The van der Waals surface area contributed by atoms with Gasteiger partial charge < -0.3 is 4.74 Å². The van der Waals surface area contributed by atoms with E-state index >= 15 is 0 Å². The van der Waals surface area contributed by atoms with Gasteiger partial charge in [-0.3, -0.25) is 5.43 Å². The number of benzene rings is 3. The van der Waals surface area contributed by atoms with Crippen LogP contribution >= 0.6 is 23.2 Å². The second-order valence-electron chi connectivity index (χ2n) is 5.33. The normalized spacial score (nSPS) is 10.8. The topological polar surface area (TPSA) is 33.6 Å². The van der Waals surface area contributed by atoms with Gasteiger partial charge in [-0.2, -0.15) is 5.10 Å². The summed E-state index contributed by atoms with van der Waals surface area (Å²) in [5.74, 6) is 0.745. The molecule has 3 nitrogen and oxygen atoms in total. The molecule has 3 aromatic carbocycles. The van der Waals surface area contributed by atoms with Gasteiger partial charge in [-0.1, -0.05) is 59.6 Å². The highest BCUT2D eigenvalue weighted by Gasteiger charge is 2.03. The molecule has 1 N–H and O–H groups in total. The molecule has 0 amide bonds. The van der Waals surface area contributed by atoms with Gasteiger partial charge in [0.05, 0.1) is 11.9 Å². The summed E-state index contributed by atoms with van der Waals surface area (Å²) in [7, 11) is 0. The Balaban J connectivity index is 1.61. The highest BCUT2D eigenvalue weighted by atomic mass is 35.5. The smallest absolute Gasteiger partial charge is 0.120 e. The van der Waals surface area contributed by atoms with Crippen molar-refractivity contribution in [3.63, 3.8) is 0 Å². The van der Waals surface area contributed by atoms with Crippen LogP contribution in [0.15, 0.2) is 77.9 Å². The lowest BCUT2D eigenvalue weighted by Crippen LogP contribution is -1.97. The van der Waals surface area contributed by atoms with Gasteiger partial charge in [0.2, 0.25) is 0 Å². The average Bonchev–Trinajstić information content (AvgIpc) is 2.62. The minimum absolute atomic E-state index is 0.374. The fourth-order valence-corrected chi connectivity index (χ4v) is 2.64. The first-order valence-corrected chi connectivity index (χ1v) is 8.47. The first-order chi connectivity index (χ1) is 12.2. The Morgan fingerprint density at radius 3 is 2.56 bits per heavy atom. The zero-order valence-electron chi connectivity index (χ0n) is 13.3. The number of ether oxygens (including phenoxy) is 1. The molecule has 0 atom stereocenters. The van der Waals surface area contributed by atoms with Crippen LogP contribution in [0.5, 0.6) is 5.75 Å². The number of anilines is 1. The van der Waals surface area contributed by atoms with Crippen LogP contribution in [0, 0.1) is 0 Å². The number of hydrazone groups is 1. The molecular weight excluding hydrogens is 355 g/mol. The van der Waals surface area contributed by atoms with Crippen molar-refractivity contribution in [2.24, 2.45) is 5.10 Å². The van der Waals surface area contributed by atoms with E-state index < -0.39 is 0 Å². The summed E-state index contributed by atoms with van der Waals surface area (Å²) in [5, 5.41) is 5.43. The van der Waals surface area contributed by atoms with Crippen LogP contribution in [0.2, 0.25) is 10.0 Å². The van der Waals surface area contributed by atoms with Crippen molar-refractivity contribution in [1.82, 2.24) is 0 Å². The largest absolute Gasteiger partial charge is 0.489 e. The summed E-state index contributed by atoms with van der Waals surface area (Å²) in [6.45, 7) is 0.374. The van der Waals surface area contributed by atoms with Crippen LogP contribution in [0.25, 0.3) is 0 Å². The van der Waals surface area contributed by atoms with Crippen molar-refractivity contribution >= 4 is 35.1 Å². The Morgan fingerprint density at radius 2 is 1.76 bits per heavy atom. The monoisotopic (exact) mass is 370 g/mol. The van der Waals surface area contributed by atoms with Gasteiger partial charge in [-0.25, -0.2) is 0 Å². The maximum atomic E-state index is 6.16. The molecule has 0 saturated heterocycles. The third-order valence-corrected chi connectivity index (χ3v) is 4.04. The molecular formula is C20H16Cl2N2O. The predicted octanol–water partition coefficient (Wildman–Crippen LogP) is 6.02. The molecule has 0 heterocycles. The Bertz CT molecular complexity index is 867. The van der Waals surface area contributed by atoms with Crippen LogP contribution in [0.3, 0.4) is 0 Å². The predicted molar refractivity (Wildman–Crippen MR) is 105 cm³/mol. The van der Waals surface area contributed by atoms with E-state index in [2.05, 4.69) is 10.5 Å². The molecule has 0 unspecified atom stereocenters. The zero-order chi connectivity index (χ0) is 17.5. The Kier molecular flexibility index (Phi) is 5.94. The van der Waals surface area contributed by atoms with Crippen molar-refractivity contribution < 1.29 is 4.74 Å². The van der Waals surface area contributed by atoms with E-state index in [-0.39, 0.29) is 0 Å².